The number of aromatic nitrogens is 1. The minimum Gasteiger partial charge on any atom is -0.397 e. The third kappa shape index (κ3) is 7.41. The van der Waals surface area contributed by atoms with E-state index in [0.29, 0.717) is 82.4 Å². The van der Waals surface area contributed by atoms with Gasteiger partial charge in [-0.1, -0.05) is 61.2 Å². The zero-order chi connectivity index (χ0) is 34.2. The van der Waals surface area contributed by atoms with E-state index in [1.807, 2.05) is 30.0 Å². The molecule has 11 nitrogen and oxygen atoms in total. The lowest BCUT2D eigenvalue weighted by molar-refractivity contribution is -0.117. The van der Waals surface area contributed by atoms with Gasteiger partial charge in [0.15, 0.2) is 0 Å². The van der Waals surface area contributed by atoms with Crippen LogP contribution in [-0.4, -0.2) is 41.8 Å². The quantitative estimate of drug-likeness (QED) is 0.135. The number of nitrogens with one attached hydrogen (secondary N) is 2. The van der Waals surface area contributed by atoms with Gasteiger partial charge in [0.2, 0.25) is 5.91 Å². The van der Waals surface area contributed by atoms with Crippen LogP contribution in [0.1, 0.15) is 68.0 Å². The predicted molar refractivity (Wildman–Crippen MR) is 185 cm³/mol. The first-order chi connectivity index (χ1) is 23.2. The standard InChI is InChI=1S/C36H34N8O3S/c1-2-26-27(20-37)33(43-36(28(26)21-38)48-31(32(40)45)22-8-4-3-5-9-22)44-18-16-25(17-19-44)41-34(46)23-12-14-24(15-13-23)35(47)42-30-11-7-6-10-29(30)39/h3-15,25,31H,2,16-19,39H2,1H3,(H2,40,45)(H,41,46)(H,42,47). The maximum absolute atomic E-state index is 13.1. The van der Waals surface area contributed by atoms with Crippen molar-refractivity contribution < 1.29 is 14.4 Å². The lowest BCUT2D eigenvalue weighted by atomic mass is 9.99. The van der Waals surface area contributed by atoms with E-state index in [9.17, 15) is 24.9 Å². The molecule has 5 rings (SSSR count). The van der Waals surface area contributed by atoms with E-state index < -0.39 is 11.2 Å². The number of hydrogen-bond acceptors (Lipinski definition) is 9. The topological polar surface area (TPSA) is 191 Å². The lowest BCUT2D eigenvalue weighted by Crippen LogP contribution is -2.45. The summed E-state index contributed by atoms with van der Waals surface area (Å²) in [6.45, 7) is 2.88. The Morgan fingerprint density at radius 1 is 0.917 bits per heavy atom. The lowest BCUT2D eigenvalue weighted by Gasteiger charge is -2.34. The normalized spacial score (nSPS) is 13.5. The number of anilines is 3. The van der Waals surface area contributed by atoms with Crippen LogP contribution in [0, 0.1) is 22.7 Å². The van der Waals surface area contributed by atoms with Crippen molar-refractivity contribution >= 4 is 46.7 Å². The fourth-order valence-electron chi connectivity index (χ4n) is 5.61. The first kappa shape index (κ1) is 33.5. The largest absolute Gasteiger partial charge is 0.397 e. The third-order valence-electron chi connectivity index (χ3n) is 8.16. The fraction of sp³-hybridized carbons (Fsp3) is 0.222. The number of pyridine rings is 1. The molecule has 1 saturated heterocycles. The number of nitriles is 2. The third-order valence-corrected chi connectivity index (χ3v) is 9.42. The average molecular weight is 659 g/mol. The molecule has 0 spiro atoms. The van der Waals surface area contributed by atoms with Crippen molar-refractivity contribution in [2.75, 3.05) is 29.0 Å². The molecule has 6 N–H and O–H groups in total. The Bertz CT molecular complexity index is 1910. The van der Waals surface area contributed by atoms with Crippen LogP contribution in [0.15, 0.2) is 83.9 Å². The maximum Gasteiger partial charge on any atom is 0.255 e. The molecule has 1 atom stereocenters. The van der Waals surface area contributed by atoms with E-state index in [2.05, 4.69) is 22.8 Å². The van der Waals surface area contributed by atoms with Crippen LogP contribution in [0.2, 0.25) is 0 Å². The highest BCUT2D eigenvalue weighted by atomic mass is 32.2. The molecule has 4 aromatic rings. The number of carbonyl (C=O) groups excluding carboxylic acids is 3. The number of amides is 3. The smallest absolute Gasteiger partial charge is 0.255 e. The monoisotopic (exact) mass is 658 g/mol. The molecule has 1 unspecified atom stereocenters. The minimum atomic E-state index is -0.775. The Labute approximate surface area is 282 Å². The highest BCUT2D eigenvalue weighted by Crippen LogP contribution is 2.40. The van der Waals surface area contributed by atoms with Crippen molar-refractivity contribution in [3.63, 3.8) is 0 Å². The molecule has 1 fully saturated rings. The van der Waals surface area contributed by atoms with Gasteiger partial charge in [-0.2, -0.15) is 10.5 Å². The Hall–Kier alpha value is -5.85. The number of rotatable bonds is 10. The van der Waals surface area contributed by atoms with E-state index in [-0.39, 0.29) is 23.4 Å². The number of benzene rings is 3. The number of nitrogens with zero attached hydrogens (tertiary/aromatic N) is 4. The second kappa shape index (κ2) is 15.2. The number of thioether (sulfide) groups is 1. The highest BCUT2D eigenvalue weighted by molar-refractivity contribution is 8.00. The van der Waals surface area contributed by atoms with Crippen LogP contribution in [0.4, 0.5) is 17.2 Å². The molecule has 1 aliphatic rings. The zero-order valence-electron chi connectivity index (χ0n) is 26.3. The first-order valence-corrected chi connectivity index (χ1v) is 16.3. The number of primary amides is 1. The summed E-state index contributed by atoms with van der Waals surface area (Å²) in [7, 11) is 0. The summed E-state index contributed by atoms with van der Waals surface area (Å²) in [5, 5.41) is 25.7. The van der Waals surface area contributed by atoms with Gasteiger partial charge >= 0.3 is 0 Å². The van der Waals surface area contributed by atoms with Crippen LogP contribution in [0.5, 0.6) is 0 Å². The Morgan fingerprint density at radius 3 is 2.10 bits per heavy atom. The molecule has 1 aromatic heterocycles. The number of hydrogen-bond donors (Lipinski definition) is 4. The second-order valence-corrected chi connectivity index (χ2v) is 12.3. The highest BCUT2D eigenvalue weighted by Gasteiger charge is 2.29. The van der Waals surface area contributed by atoms with Gasteiger partial charge in [-0.25, -0.2) is 4.98 Å². The van der Waals surface area contributed by atoms with Crippen molar-refractivity contribution in [1.82, 2.24) is 10.3 Å². The summed E-state index contributed by atoms with van der Waals surface area (Å²) in [4.78, 5) is 45.0. The van der Waals surface area contributed by atoms with Crippen LogP contribution in [0.3, 0.4) is 0 Å². The molecular weight excluding hydrogens is 625 g/mol. The van der Waals surface area contributed by atoms with Crippen molar-refractivity contribution in [1.29, 1.82) is 10.5 Å². The van der Waals surface area contributed by atoms with Gasteiger partial charge in [-0.15, -0.1) is 0 Å². The number of nitrogens with two attached hydrogens (primary N) is 2. The van der Waals surface area contributed by atoms with Crippen molar-refractivity contribution in [2.45, 2.75) is 42.5 Å². The summed E-state index contributed by atoms with van der Waals surface area (Å²) in [6, 6.07) is 26.8. The first-order valence-electron chi connectivity index (χ1n) is 15.4. The van der Waals surface area contributed by atoms with Gasteiger partial charge in [0.1, 0.15) is 28.2 Å². The average Bonchev–Trinajstić information content (AvgIpc) is 3.11. The molecule has 48 heavy (non-hydrogen) atoms. The van der Waals surface area contributed by atoms with Crippen LogP contribution in [0.25, 0.3) is 0 Å². The number of carbonyl (C=O) groups is 3. The van der Waals surface area contributed by atoms with Crippen LogP contribution < -0.4 is 27.0 Å². The number of para-hydroxylation sites is 2. The maximum atomic E-state index is 13.1. The van der Waals surface area contributed by atoms with Gasteiger partial charge in [0, 0.05) is 30.3 Å². The van der Waals surface area contributed by atoms with Crippen molar-refractivity contribution in [2.24, 2.45) is 5.73 Å². The summed E-state index contributed by atoms with van der Waals surface area (Å²) in [5.74, 6) is -0.707. The number of piperidine rings is 1. The zero-order valence-corrected chi connectivity index (χ0v) is 27.1. The summed E-state index contributed by atoms with van der Waals surface area (Å²) < 4.78 is 0. The molecule has 0 radical (unpaired) electrons. The molecule has 242 valence electrons. The van der Waals surface area contributed by atoms with Gasteiger partial charge in [-0.3, -0.25) is 14.4 Å². The minimum absolute atomic E-state index is 0.126. The van der Waals surface area contributed by atoms with Crippen molar-refractivity contribution in [3.8, 4) is 12.1 Å². The molecule has 2 heterocycles. The summed E-state index contributed by atoms with van der Waals surface area (Å²) in [6.07, 6.45) is 1.61. The Morgan fingerprint density at radius 2 is 1.52 bits per heavy atom. The van der Waals surface area contributed by atoms with Gasteiger partial charge < -0.3 is 27.0 Å². The molecule has 0 saturated carbocycles. The van der Waals surface area contributed by atoms with Crippen molar-refractivity contribution in [3.05, 3.63) is 112 Å². The predicted octanol–water partition coefficient (Wildman–Crippen LogP) is 4.94. The molecule has 1 aliphatic heterocycles. The molecule has 3 amide bonds. The second-order valence-electron chi connectivity index (χ2n) is 11.2. The van der Waals surface area contributed by atoms with E-state index in [0.717, 1.165) is 11.8 Å². The number of nitrogen functional groups attached to an aromatic ring is 1. The molecule has 0 aliphatic carbocycles. The Balaban J connectivity index is 1.27. The van der Waals surface area contributed by atoms with Gasteiger partial charge in [-0.05, 0) is 66.8 Å². The fourth-order valence-corrected chi connectivity index (χ4v) is 6.67. The summed E-state index contributed by atoms with van der Waals surface area (Å²) >= 11 is 1.11. The van der Waals surface area contributed by atoms with E-state index in [4.69, 9.17) is 16.5 Å². The van der Waals surface area contributed by atoms with E-state index in [1.165, 1.54) is 0 Å². The van der Waals surface area contributed by atoms with Gasteiger partial charge in [0.25, 0.3) is 11.8 Å². The molecule has 0 bridgehead atoms. The van der Waals surface area contributed by atoms with Crippen LogP contribution >= 0.6 is 11.8 Å². The Kier molecular flexibility index (Phi) is 10.6. The SMILES string of the molecule is CCc1c(C#N)c(SC(C(N)=O)c2ccccc2)nc(N2CCC(NC(=O)c3ccc(C(=O)Nc4ccccc4N)cc3)CC2)c1C#N. The molecule has 3 aromatic carbocycles. The van der Waals surface area contributed by atoms with Crippen LogP contribution in [-0.2, 0) is 11.2 Å². The molecule has 12 heteroatoms. The van der Waals surface area contributed by atoms with E-state index >= 15 is 0 Å². The van der Waals surface area contributed by atoms with Gasteiger partial charge in [0.05, 0.1) is 22.5 Å². The molecular formula is C36H34N8O3S. The summed E-state index contributed by atoms with van der Waals surface area (Å²) in [5.41, 5.74) is 15.3. The van der Waals surface area contributed by atoms with E-state index in [1.54, 1.807) is 60.7 Å².